The second-order valence-corrected chi connectivity index (χ2v) is 9.18. The summed E-state index contributed by atoms with van der Waals surface area (Å²) in [5.74, 6) is -9.92. The predicted octanol–water partition coefficient (Wildman–Crippen LogP) is 5.47. The van der Waals surface area contributed by atoms with Crippen LogP contribution in [-0.2, 0) is 13.3 Å². The minimum Gasteiger partial charge on any atom is -0.370 e. The van der Waals surface area contributed by atoms with Crippen molar-refractivity contribution in [3.8, 4) is 11.1 Å². The fraction of sp³-hybridized carbons (Fsp3) is 0.429. The average molecular weight is 449 g/mol. The van der Waals surface area contributed by atoms with Gasteiger partial charge in [-0.1, -0.05) is 45.0 Å². The van der Waals surface area contributed by atoms with Crippen molar-refractivity contribution in [2.24, 2.45) is 0 Å². The normalized spacial score (nSPS) is 11.9. The average Bonchev–Trinajstić information content (AvgIpc) is 2.77. The van der Waals surface area contributed by atoms with Gasteiger partial charge in [-0.3, -0.25) is 0 Å². The Hall–Kier alpha value is -1.81. The SMILES string of the molecule is CCCO[Si](OCCC)(OCCC)c1ccc(-c2c(F)c(F)c(F)c(F)c2F)cc1. The lowest BCUT2D eigenvalue weighted by molar-refractivity contribution is 0.0732. The lowest BCUT2D eigenvalue weighted by atomic mass is 10.0. The number of halogens is 5. The molecule has 0 unspecified atom stereocenters. The van der Waals surface area contributed by atoms with E-state index in [1.54, 1.807) is 0 Å². The maximum atomic E-state index is 14.1. The molecule has 30 heavy (non-hydrogen) atoms. The van der Waals surface area contributed by atoms with Crippen LogP contribution in [0.15, 0.2) is 24.3 Å². The highest BCUT2D eigenvalue weighted by molar-refractivity contribution is 6.75. The van der Waals surface area contributed by atoms with Gasteiger partial charge in [-0.15, -0.1) is 0 Å². The van der Waals surface area contributed by atoms with E-state index >= 15 is 0 Å². The fourth-order valence-electron chi connectivity index (χ4n) is 2.78. The molecule has 0 saturated heterocycles. The Morgan fingerprint density at radius 1 is 0.600 bits per heavy atom. The molecule has 2 rings (SSSR count). The topological polar surface area (TPSA) is 27.7 Å². The summed E-state index contributed by atoms with van der Waals surface area (Å²) in [6, 6.07) is 5.52. The summed E-state index contributed by atoms with van der Waals surface area (Å²) < 4.78 is 86.7. The standard InChI is InChI=1S/C21H25F5O3Si/c1-4-11-27-30(28-12-5-2,29-13-6-3)15-9-7-14(8-10-15)16-17(22)19(24)21(26)20(25)18(16)23/h7-10H,4-6,11-13H2,1-3H3. The number of hydrogen-bond acceptors (Lipinski definition) is 3. The third-order valence-corrected chi connectivity index (χ3v) is 7.02. The van der Waals surface area contributed by atoms with Crippen LogP contribution in [-0.4, -0.2) is 28.6 Å². The summed E-state index contributed by atoms with van der Waals surface area (Å²) in [5, 5.41) is 0.547. The van der Waals surface area contributed by atoms with Gasteiger partial charge in [0.1, 0.15) is 0 Å². The van der Waals surface area contributed by atoms with Gasteiger partial charge in [0.25, 0.3) is 0 Å². The van der Waals surface area contributed by atoms with Crippen LogP contribution in [0.25, 0.3) is 11.1 Å². The molecule has 9 heteroatoms. The third kappa shape index (κ3) is 5.08. The quantitative estimate of drug-likeness (QED) is 0.197. The summed E-state index contributed by atoms with van der Waals surface area (Å²) in [6.45, 7) is 6.97. The predicted molar refractivity (Wildman–Crippen MR) is 106 cm³/mol. The second-order valence-electron chi connectivity index (χ2n) is 6.62. The van der Waals surface area contributed by atoms with Gasteiger partial charge < -0.3 is 13.3 Å². The monoisotopic (exact) mass is 448 g/mol. The molecule has 2 aromatic carbocycles. The molecular formula is C21H25F5O3Si. The summed E-state index contributed by atoms with van der Waals surface area (Å²) in [7, 11) is -3.31. The molecule has 0 heterocycles. The van der Waals surface area contributed by atoms with Gasteiger partial charge in [-0.2, -0.15) is 0 Å². The highest BCUT2D eigenvalue weighted by Gasteiger charge is 2.43. The molecule has 3 nitrogen and oxygen atoms in total. The second kappa shape index (κ2) is 11.0. The highest BCUT2D eigenvalue weighted by atomic mass is 28.4. The molecule has 0 fully saturated rings. The first kappa shape index (κ1) is 24.5. The molecule has 0 aliphatic heterocycles. The van der Waals surface area contributed by atoms with Crippen LogP contribution in [0.4, 0.5) is 22.0 Å². The molecule has 0 aliphatic carbocycles. The van der Waals surface area contributed by atoms with Gasteiger partial charge in [-0.25, -0.2) is 22.0 Å². The minimum absolute atomic E-state index is 0.157. The van der Waals surface area contributed by atoms with Gasteiger partial charge in [-0.05, 0) is 24.8 Å². The van der Waals surface area contributed by atoms with Gasteiger partial charge in [0, 0.05) is 25.0 Å². The molecule has 0 N–H and O–H groups in total. The highest BCUT2D eigenvalue weighted by Crippen LogP contribution is 2.31. The van der Waals surface area contributed by atoms with E-state index in [4.69, 9.17) is 13.3 Å². The Bertz CT molecular complexity index is 795. The van der Waals surface area contributed by atoms with Gasteiger partial charge in [0.2, 0.25) is 5.82 Å². The van der Waals surface area contributed by atoms with Crippen LogP contribution in [0.3, 0.4) is 0 Å². The third-order valence-electron chi connectivity index (χ3n) is 4.23. The Morgan fingerprint density at radius 2 is 0.967 bits per heavy atom. The minimum atomic E-state index is -3.31. The molecular weight excluding hydrogens is 423 g/mol. The molecule has 0 atom stereocenters. The number of rotatable bonds is 11. The number of benzene rings is 2. The summed E-state index contributed by atoms with van der Waals surface area (Å²) in [4.78, 5) is 0. The zero-order valence-corrected chi connectivity index (χ0v) is 18.2. The van der Waals surface area contributed by atoms with Crippen LogP contribution in [0.1, 0.15) is 40.0 Å². The van der Waals surface area contributed by atoms with E-state index in [9.17, 15) is 22.0 Å². The van der Waals surface area contributed by atoms with Crippen molar-refractivity contribution < 1.29 is 35.2 Å². The summed E-state index contributed by atoms with van der Waals surface area (Å²) in [5.41, 5.74) is -1.14. The van der Waals surface area contributed by atoms with E-state index in [1.165, 1.54) is 24.3 Å². The maximum absolute atomic E-state index is 14.1. The molecule has 2 aromatic rings. The smallest absolute Gasteiger partial charge is 0.370 e. The van der Waals surface area contributed by atoms with Crippen molar-refractivity contribution in [2.45, 2.75) is 40.0 Å². The summed E-state index contributed by atoms with van der Waals surface area (Å²) in [6.07, 6.45) is 2.17. The first-order valence-electron chi connectivity index (χ1n) is 9.87. The van der Waals surface area contributed by atoms with Crippen molar-refractivity contribution in [2.75, 3.05) is 19.8 Å². The van der Waals surface area contributed by atoms with Crippen LogP contribution in [0.2, 0.25) is 0 Å². The van der Waals surface area contributed by atoms with Crippen molar-refractivity contribution in [1.82, 2.24) is 0 Å². The van der Waals surface area contributed by atoms with Crippen LogP contribution in [0, 0.1) is 29.1 Å². The molecule has 0 bridgehead atoms. The number of hydrogen-bond donors (Lipinski definition) is 0. The zero-order valence-electron chi connectivity index (χ0n) is 17.2. The largest absolute Gasteiger partial charge is 0.537 e. The first-order valence-corrected chi connectivity index (χ1v) is 11.6. The Balaban J connectivity index is 2.51. The van der Waals surface area contributed by atoms with Gasteiger partial charge in [0.15, 0.2) is 23.3 Å². The molecule has 0 amide bonds. The molecule has 0 aromatic heterocycles. The Morgan fingerprint density at radius 3 is 1.33 bits per heavy atom. The maximum Gasteiger partial charge on any atom is 0.537 e. The van der Waals surface area contributed by atoms with E-state index in [0.717, 1.165) is 19.3 Å². The molecule has 0 radical (unpaired) electrons. The van der Waals surface area contributed by atoms with E-state index in [2.05, 4.69) is 0 Å². The van der Waals surface area contributed by atoms with Gasteiger partial charge in [0.05, 0.1) is 5.56 Å². The van der Waals surface area contributed by atoms with E-state index < -0.39 is 43.5 Å². The molecule has 0 aliphatic rings. The lowest BCUT2D eigenvalue weighted by Crippen LogP contribution is -2.57. The van der Waals surface area contributed by atoms with Crippen molar-refractivity contribution in [3.63, 3.8) is 0 Å². The molecule has 0 spiro atoms. The molecule has 0 saturated carbocycles. The van der Waals surface area contributed by atoms with Crippen molar-refractivity contribution >= 4 is 14.0 Å². The van der Waals surface area contributed by atoms with E-state index in [1.807, 2.05) is 20.8 Å². The van der Waals surface area contributed by atoms with Crippen LogP contribution in [0.5, 0.6) is 0 Å². The summed E-state index contributed by atoms with van der Waals surface area (Å²) >= 11 is 0. The van der Waals surface area contributed by atoms with Crippen LogP contribution >= 0.6 is 0 Å². The lowest BCUT2D eigenvalue weighted by Gasteiger charge is -2.30. The van der Waals surface area contributed by atoms with Crippen molar-refractivity contribution in [1.29, 1.82) is 0 Å². The first-order chi connectivity index (χ1) is 14.3. The van der Waals surface area contributed by atoms with E-state index in [0.29, 0.717) is 25.0 Å². The Labute approximate surface area is 174 Å². The fourth-order valence-corrected chi connectivity index (χ4v) is 5.53. The van der Waals surface area contributed by atoms with Crippen molar-refractivity contribution in [3.05, 3.63) is 53.4 Å². The molecule has 166 valence electrons. The Kier molecular flexibility index (Phi) is 8.96. The van der Waals surface area contributed by atoms with E-state index in [-0.39, 0.29) is 5.56 Å². The van der Waals surface area contributed by atoms with Gasteiger partial charge >= 0.3 is 8.80 Å². The zero-order chi connectivity index (χ0) is 22.3. The van der Waals surface area contributed by atoms with Crippen LogP contribution < -0.4 is 5.19 Å².